The Bertz CT molecular complexity index is 524. The van der Waals surface area contributed by atoms with E-state index >= 15 is 0 Å². The molecule has 1 saturated carbocycles. The standard InChI is InChI=1S/C13H18N4S/c14-11-5-3-4-10(11)7-9-18-13-16-15-12-6-1-2-8-17(12)13/h1-2,6,8,10-11H,3-5,7,9,14H2. The Labute approximate surface area is 111 Å². The third-order valence-corrected chi connectivity index (χ3v) is 4.70. The minimum absolute atomic E-state index is 0.417. The molecule has 4 nitrogen and oxygen atoms in total. The fourth-order valence-electron chi connectivity index (χ4n) is 2.64. The summed E-state index contributed by atoms with van der Waals surface area (Å²) in [6.45, 7) is 0. The van der Waals surface area contributed by atoms with Gasteiger partial charge >= 0.3 is 0 Å². The van der Waals surface area contributed by atoms with Crippen molar-refractivity contribution in [3.63, 3.8) is 0 Å². The first-order valence-electron chi connectivity index (χ1n) is 6.53. The predicted molar refractivity (Wildman–Crippen MR) is 73.6 cm³/mol. The quantitative estimate of drug-likeness (QED) is 0.859. The van der Waals surface area contributed by atoms with E-state index in [9.17, 15) is 0 Å². The number of fused-ring (bicyclic) bond motifs is 1. The Balaban J connectivity index is 1.60. The van der Waals surface area contributed by atoms with Crippen LogP contribution in [0.3, 0.4) is 0 Å². The van der Waals surface area contributed by atoms with Gasteiger partial charge < -0.3 is 5.73 Å². The summed E-state index contributed by atoms with van der Waals surface area (Å²) in [5.74, 6) is 1.78. The molecule has 0 aromatic carbocycles. The third kappa shape index (κ3) is 2.37. The van der Waals surface area contributed by atoms with Gasteiger partial charge in [0.05, 0.1) is 0 Å². The maximum Gasteiger partial charge on any atom is 0.195 e. The van der Waals surface area contributed by atoms with Crippen LogP contribution in [-0.4, -0.2) is 26.4 Å². The molecular weight excluding hydrogens is 244 g/mol. The third-order valence-electron chi connectivity index (χ3n) is 3.72. The number of nitrogens with two attached hydrogens (primary N) is 1. The van der Waals surface area contributed by atoms with Gasteiger partial charge in [0.2, 0.25) is 0 Å². The molecule has 0 spiro atoms. The van der Waals surface area contributed by atoms with Crippen molar-refractivity contribution in [1.29, 1.82) is 0 Å². The maximum atomic E-state index is 6.09. The molecule has 96 valence electrons. The van der Waals surface area contributed by atoms with Crippen molar-refractivity contribution in [2.75, 3.05) is 5.75 Å². The number of rotatable bonds is 4. The molecule has 0 saturated heterocycles. The van der Waals surface area contributed by atoms with Crippen LogP contribution in [-0.2, 0) is 0 Å². The Morgan fingerprint density at radius 1 is 1.33 bits per heavy atom. The van der Waals surface area contributed by atoms with Crippen molar-refractivity contribution in [2.45, 2.75) is 36.9 Å². The van der Waals surface area contributed by atoms with Crippen molar-refractivity contribution in [1.82, 2.24) is 14.6 Å². The van der Waals surface area contributed by atoms with Gasteiger partial charge in [0, 0.05) is 18.0 Å². The molecule has 0 radical (unpaired) electrons. The Kier molecular flexibility index (Phi) is 3.52. The number of hydrogen-bond acceptors (Lipinski definition) is 4. The first-order chi connectivity index (χ1) is 8.84. The number of pyridine rings is 1. The van der Waals surface area contributed by atoms with Gasteiger partial charge in [-0.1, -0.05) is 24.2 Å². The Morgan fingerprint density at radius 3 is 3.11 bits per heavy atom. The first-order valence-corrected chi connectivity index (χ1v) is 7.51. The van der Waals surface area contributed by atoms with Crippen molar-refractivity contribution in [3.8, 4) is 0 Å². The van der Waals surface area contributed by atoms with Gasteiger partial charge in [0.25, 0.3) is 0 Å². The van der Waals surface area contributed by atoms with Crippen LogP contribution >= 0.6 is 11.8 Å². The molecule has 0 bridgehead atoms. The fraction of sp³-hybridized carbons (Fsp3) is 0.538. The van der Waals surface area contributed by atoms with Crippen molar-refractivity contribution in [2.24, 2.45) is 11.7 Å². The average molecular weight is 262 g/mol. The van der Waals surface area contributed by atoms with Crippen molar-refractivity contribution < 1.29 is 0 Å². The van der Waals surface area contributed by atoms with Crippen LogP contribution in [0.4, 0.5) is 0 Å². The summed E-state index contributed by atoms with van der Waals surface area (Å²) in [6.07, 6.45) is 6.99. The second kappa shape index (κ2) is 5.28. The molecule has 3 rings (SSSR count). The lowest BCUT2D eigenvalue weighted by molar-refractivity contribution is 0.470. The molecule has 1 aliphatic rings. The van der Waals surface area contributed by atoms with E-state index in [0.717, 1.165) is 16.6 Å². The second-order valence-electron chi connectivity index (χ2n) is 4.90. The summed E-state index contributed by atoms with van der Waals surface area (Å²) < 4.78 is 2.04. The summed E-state index contributed by atoms with van der Waals surface area (Å²) in [7, 11) is 0. The minimum atomic E-state index is 0.417. The average Bonchev–Trinajstić information content (AvgIpc) is 2.97. The monoisotopic (exact) mass is 262 g/mol. The molecule has 2 atom stereocenters. The van der Waals surface area contributed by atoms with Gasteiger partial charge in [-0.05, 0) is 37.3 Å². The summed E-state index contributed by atoms with van der Waals surface area (Å²) >= 11 is 1.78. The van der Waals surface area contributed by atoms with Crippen LogP contribution in [0, 0.1) is 5.92 Å². The van der Waals surface area contributed by atoms with Gasteiger partial charge in [0.1, 0.15) is 0 Å². The first kappa shape index (κ1) is 12.0. The van der Waals surface area contributed by atoms with Gasteiger partial charge in [-0.2, -0.15) is 0 Å². The lowest BCUT2D eigenvalue weighted by Gasteiger charge is -2.13. The highest BCUT2D eigenvalue weighted by Gasteiger charge is 2.23. The Hall–Kier alpha value is -1.07. The number of thioether (sulfide) groups is 1. The smallest absolute Gasteiger partial charge is 0.195 e. The van der Waals surface area contributed by atoms with Gasteiger partial charge in [0.15, 0.2) is 10.8 Å². The summed E-state index contributed by atoms with van der Waals surface area (Å²) in [6, 6.07) is 6.38. The predicted octanol–water partition coefficient (Wildman–Crippen LogP) is 2.34. The summed E-state index contributed by atoms with van der Waals surface area (Å²) in [5.41, 5.74) is 7.00. The molecule has 18 heavy (non-hydrogen) atoms. The van der Waals surface area contributed by atoms with Crippen LogP contribution < -0.4 is 5.73 Å². The molecule has 2 aromatic heterocycles. The lowest BCUT2D eigenvalue weighted by Crippen LogP contribution is -2.24. The highest BCUT2D eigenvalue weighted by atomic mass is 32.2. The SMILES string of the molecule is NC1CCCC1CCSc1nnc2ccccn12. The van der Waals surface area contributed by atoms with Gasteiger partial charge in [-0.25, -0.2) is 0 Å². The van der Waals surface area contributed by atoms with E-state index in [1.165, 1.54) is 25.7 Å². The molecule has 2 N–H and O–H groups in total. The molecule has 2 unspecified atom stereocenters. The van der Waals surface area contributed by atoms with E-state index in [2.05, 4.69) is 10.2 Å². The van der Waals surface area contributed by atoms with Crippen LogP contribution in [0.5, 0.6) is 0 Å². The molecule has 5 heteroatoms. The van der Waals surface area contributed by atoms with Crippen molar-refractivity contribution in [3.05, 3.63) is 24.4 Å². The topological polar surface area (TPSA) is 56.2 Å². The highest BCUT2D eigenvalue weighted by Crippen LogP contribution is 2.29. The molecule has 0 amide bonds. The fourth-order valence-corrected chi connectivity index (χ4v) is 3.64. The minimum Gasteiger partial charge on any atom is -0.327 e. The van der Waals surface area contributed by atoms with E-state index in [4.69, 9.17) is 5.73 Å². The molecule has 2 heterocycles. The molecule has 1 aliphatic carbocycles. The molecule has 2 aromatic rings. The largest absolute Gasteiger partial charge is 0.327 e. The normalized spacial score (nSPS) is 23.8. The van der Waals surface area contributed by atoms with Crippen LogP contribution in [0.25, 0.3) is 5.65 Å². The zero-order valence-electron chi connectivity index (χ0n) is 10.3. The van der Waals surface area contributed by atoms with E-state index in [-0.39, 0.29) is 0 Å². The van der Waals surface area contributed by atoms with Gasteiger partial charge in [-0.15, -0.1) is 10.2 Å². The van der Waals surface area contributed by atoms with E-state index in [1.54, 1.807) is 11.8 Å². The number of hydrogen-bond donors (Lipinski definition) is 1. The Morgan fingerprint density at radius 2 is 2.28 bits per heavy atom. The lowest BCUT2D eigenvalue weighted by atomic mass is 10.0. The maximum absolute atomic E-state index is 6.09. The number of nitrogens with zero attached hydrogens (tertiary/aromatic N) is 3. The van der Waals surface area contributed by atoms with Crippen LogP contribution in [0.2, 0.25) is 0 Å². The number of aromatic nitrogens is 3. The van der Waals surface area contributed by atoms with E-state index in [1.807, 2.05) is 28.8 Å². The zero-order chi connectivity index (χ0) is 12.4. The van der Waals surface area contributed by atoms with E-state index < -0.39 is 0 Å². The summed E-state index contributed by atoms with van der Waals surface area (Å²) in [4.78, 5) is 0. The molecular formula is C13H18N4S. The van der Waals surface area contributed by atoms with Crippen LogP contribution in [0.1, 0.15) is 25.7 Å². The van der Waals surface area contributed by atoms with E-state index in [0.29, 0.717) is 12.0 Å². The van der Waals surface area contributed by atoms with Crippen LogP contribution in [0.15, 0.2) is 29.6 Å². The molecule has 1 fully saturated rings. The molecule has 0 aliphatic heterocycles. The zero-order valence-corrected chi connectivity index (χ0v) is 11.1. The highest BCUT2D eigenvalue weighted by molar-refractivity contribution is 7.99. The van der Waals surface area contributed by atoms with Crippen molar-refractivity contribution >= 4 is 17.4 Å². The van der Waals surface area contributed by atoms with Gasteiger partial charge in [-0.3, -0.25) is 4.40 Å². The summed E-state index contributed by atoms with van der Waals surface area (Å²) in [5, 5.41) is 9.36. The second-order valence-corrected chi connectivity index (χ2v) is 5.97.